The Morgan fingerprint density at radius 1 is 1.40 bits per heavy atom. The summed E-state index contributed by atoms with van der Waals surface area (Å²) in [6.45, 7) is 5.90. The normalized spacial score (nSPS) is 9.85. The monoisotopic (exact) mass is 278 g/mol. The molecule has 5 nitrogen and oxygen atoms in total. The topological polar surface area (TPSA) is 72.8 Å². The van der Waals surface area contributed by atoms with Gasteiger partial charge in [0.05, 0.1) is 12.2 Å². The van der Waals surface area contributed by atoms with Gasteiger partial charge in [0.15, 0.2) is 0 Å². The summed E-state index contributed by atoms with van der Waals surface area (Å²) in [5.74, 6) is -1.76. The molecule has 0 bridgehead atoms. The lowest BCUT2D eigenvalue weighted by Gasteiger charge is -2.11. The quantitative estimate of drug-likeness (QED) is 0.449. The number of aromatic carboxylic acids is 1. The second kappa shape index (κ2) is 7.99. The van der Waals surface area contributed by atoms with E-state index in [4.69, 9.17) is 9.47 Å². The van der Waals surface area contributed by atoms with Gasteiger partial charge in [0.1, 0.15) is 17.9 Å². The molecule has 0 heterocycles. The third-order valence-electron chi connectivity index (χ3n) is 2.55. The molecule has 0 radical (unpaired) electrons. The Kier molecular flexibility index (Phi) is 6.29. The molecule has 0 aliphatic heterocycles. The molecule has 0 atom stereocenters. The first-order valence-electron chi connectivity index (χ1n) is 6.39. The van der Waals surface area contributed by atoms with Crippen molar-refractivity contribution in [3.8, 4) is 5.75 Å². The van der Waals surface area contributed by atoms with Gasteiger partial charge in [0.2, 0.25) is 0 Å². The van der Waals surface area contributed by atoms with Crippen molar-refractivity contribution in [3.05, 3.63) is 42.0 Å². The van der Waals surface area contributed by atoms with Crippen LogP contribution in [-0.2, 0) is 4.74 Å². The van der Waals surface area contributed by atoms with Crippen LogP contribution in [0.5, 0.6) is 5.75 Å². The van der Waals surface area contributed by atoms with Crippen LogP contribution in [0.15, 0.2) is 30.9 Å². The van der Waals surface area contributed by atoms with E-state index in [0.29, 0.717) is 0 Å². The Balaban J connectivity index is 3.02. The smallest absolute Gasteiger partial charge is 0.340 e. The number of hydrogen-bond acceptors (Lipinski definition) is 4. The van der Waals surface area contributed by atoms with Gasteiger partial charge in [-0.1, -0.05) is 32.1 Å². The van der Waals surface area contributed by atoms with Crippen molar-refractivity contribution in [2.24, 2.45) is 0 Å². The van der Waals surface area contributed by atoms with E-state index in [-0.39, 0.29) is 30.1 Å². The van der Waals surface area contributed by atoms with Crippen molar-refractivity contribution in [3.63, 3.8) is 0 Å². The molecule has 108 valence electrons. The van der Waals surface area contributed by atoms with Crippen LogP contribution in [0.1, 0.15) is 40.5 Å². The number of carboxylic acids is 1. The van der Waals surface area contributed by atoms with Gasteiger partial charge in [-0.15, -0.1) is 0 Å². The van der Waals surface area contributed by atoms with E-state index >= 15 is 0 Å². The highest BCUT2D eigenvalue weighted by molar-refractivity contribution is 6.04. The summed E-state index contributed by atoms with van der Waals surface area (Å²) in [6, 6.07) is 4.47. The molecule has 0 aromatic heterocycles. The van der Waals surface area contributed by atoms with E-state index in [1.807, 2.05) is 6.92 Å². The molecule has 1 rings (SSSR count). The number of rotatable bonds is 8. The minimum atomic E-state index is -1.23. The summed E-state index contributed by atoms with van der Waals surface area (Å²) in [5.41, 5.74) is -0.189. The Morgan fingerprint density at radius 2 is 2.15 bits per heavy atom. The highest BCUT2D eigenvalue weighted by Crippen LogP contribution is 2.23. The number of hydrogen-bond donors (Lipinski definition) is 1. The van der Waals surface area contributed by atoms with Crippen molar-refractivity contribution >= 4 is 11.9 Å². The average molecular weight is 278 g/mol. The summed E-state index contributed by atoms with van der Waals surface area (Å²) in [5, 5.41) is 9.25. The Labute approximate surface area is 117 Å². The van der Waals surface area contributed by atoms with Crippen LogP contribution < -0.4 is 4.74 Å². The van der Waals surface area contributed by atoms with E-state index in [9.17, 15) is 14.7 Å². The summed E-state index contributed by atoms with van der Waals surface area (Å²) < 4.78 is 10.3. The van der Waals surface area contributed by atoms with Crippen LogP contribution in [0.4, 0.5) is 0 Å². The molecular weight excluding hydrogens is 260 g/mol. The zero-order valence-electron chi connectivity index (χ0n) is 11.4. The molecule has 0 saturated carbocycles. The second-order valence-electron chi connectivity index (χ2n) is 4.07. The molecule has 5 heteroatoms. The molecule has 1 aromatic rings. The third kappa shape index (κ3) is 4.12. The fraction of sp³-hybridized carbons (Fsp3) is 0.333. The number of ether oxygens (including phenoxy) is 2. The molecule has 1 N–H and O–H groups in total. The van der Waals surface area contributed by atoms with Crippen molar-refractivity contribution < 1.29 is 24.2 Å². The van der Waals surface area contributed by atoms with Crippen LogP contribution in [0.25, 0.3) is 0 Å². The van der Waals surface area contributed by atoms with Gasteiger partial charge < -0.3 is 14.6 Å². The van der Waals surface area contributed by atoms with Crippen molar-refractivity contribution in [2.45, 2.75) is 19.8 Å². The Morgan fingerprint density at radius 3 is 2.75 bits per heavy atom. The summed E-state index contributed by atoms with van der Waals surface area (Å²) >= 11 is 0. The third-order valence-corrected chi connectivity index (χ3v) is 2.55. The summed E-state index contributed by atoms with van der Waals surface area (Å²) in [6.07, 6.45) is 3.13. The highest BCUT2D eigenvalue weighted by atomic mass is 16.5. The van der Waals surface area contributed by atoms with Gasteiger partial charge in [-0.25, -0.2) is 9.59 Å². The molecule has 0 fully saturated rings. The van der Waals surface area contributed by atoms with Gasteiger partial charge in [-0.2, -0.15) is 0 Å². The lowest BCUT2D eigenvalue weighted by molar-refractivity contribution is 0.0488. The zero-order valence-corrected chi connectivity index (χ0v) is 11.4. The summed E-state index contributed by atoms with van der Waals surface area (Å²) in [7, 11) is 0. The first-order valence-corrected chi connectivity index (χ1v) is 6.39. The van der Waals surface area contributed by atoms with E-state index < -0.39 is 11.9 Å². The molecule has 1 aromatic carbocycles. The molecule has 0 aliphatic rings. The average Bonchev–Trinajstić information content (AvgIpc) is 2.44. The number of carboxylic acid groups (broad SMARTS) is 1. The molecular formula is C15H18O5. The SMILES string of the molecule is C=CCOc1cccc(C(=O)OCCCC)c1C(=O)O. The van der Waals surface area contributed by atoms with Crippen LogP contribution in [-0.4, -0.2) is 30.3 Å². The fourth-order valence-electron chi connectivity index (χ4n) is 1.58. The van der Waals surface area contributed by atoms with E-state index in [2.05, 4.69) is 6.58 Å². The number of carbonyl (C=O) groups excluding carboxylic acids is 1. The minimum Gasteiger partial charge on any atom is -0.489 e. The highest BCUT2D eigenvalue weighted by Gasteiger charge is 2.22. The maximum atomic E-state index is 11.9. The van der Waals surface area contributed by atoms with Crippen LogP contribution in [0.2, 0.25) is 0 Å². The van der Waals surface area contributed by atoms with Gasteiger partial charge in [-0.05, 0) is 18.6 Å². The first-order chi connectivity index (χ1) is 9.61. The van der Waals surface area contributed by atoms with E-state index in [1.54, 1.807) is 6.07 Å². The lowest BCUT2D eigenvalue weighted by atomic mass is 10.1. The second-order valence-corrected chi connectivity index (χ2v) is 4.07. The predicted octanol–water partition coefficient (Wildman–Crippen LogP) is 2.91. The first kappa shape index (κ1) is 15.8. The molecule has 0 unspecified atom stereocenters. The molecule has 0 spiro atoms. The standard InChI is InChI=1S/C15H18O5/c1-3-5-10-20-15(18)11-7-6-8-12(19-9-4-2)13(11)14(16)17/h4,6-8H,2-3,5,9-10H2,1H3,(H,16,17). The molecule has 0 aliphatic carbocycles. The fourth-order valence-corrected chi connectivity index (χ4v) is 1.58. The van der Waals surface area contributed by atoms with Crippen LogP contribution >= 0.6 is 0 Å². The number of esters is 1. The maximum Gasteiger partial charge on any atom is 0.340 e. The molecule has 0 amide bonds. The maximum absolute atomic E-state index is 11.9. The van der Waals surface area contributed by atoms with Crippen LogP contribution in [0.3, 0.4) is 0 Å². The van der Waals surface area contributed by atoms with Gasteiger partial charge in [-0.3, -0.25) is 0 Å². The van der Waals surface area contributed by atoms with Gasteiger partial charge in [0, 0.05) is 0 Å². The number of unbranched alkanes of at least 4 members (excludes halogenated alkanes) is 1. The largest absolute Gasteiger partial charge is 0.489 e. The van der Waals surface area contributed by atoms with E-state index in [1.165, 1.54) is 18.2 Å². The lowest BCUT2D eigenvalue weighted by Crippen LogP contribution is -2.14. The van der Waals surface area contributed by atoms with Crippen molar-refractivity contribution in [2.75, 3.05) is 13.2 Å². The van der Waals surface area contributed by atoms with E-state index in [0.717, 1.165) is 12.8 Å². The molecule has 0 saturated heterocycles. The Bertz CT molecular complexity index is 493. The summed E-state index contributed by atoms with van der Waals surface area (Å²) in [4.78, 5) is 23.2. The zero-order chi connectivity index (χ0) is 15.0. The number of carbonyl (C=O) groups is 2. The Hall–Kier alpha value is -2.30. The minimum absolute atomic E-state index is 0.00448. The van der Waals surface area contributed by atoms with Gasteiger partial charge >= 0.3 is 11.9 Å². The van der Waals surface area contributed by atoms with Crippen molar-refractivity contribution in [1.82, 2.24) is 0 Å². The van der Waals surface area contributed by atoms with Gasteiger partial charge in [0.25, 0.3) is 0 Å². The molecule has 20 heavy (non-hydrogen) atoms. The van der Waals surface area contributed by atoms with Crippen molar-refractivity contribution in [1.29, 1.82) is 0 Å². The number of benzene rings is 1. The van der Waals surface area contributed by atoms with Crippen LogP contribution in [0, 0.1) is 0 Å². The predicted molar refractivity (Wildman–Crippen MR) is 74.3 cm³/mol.